The molecule has 0 radical (unpaired) electrons. The van der Waals surface area contributed by atoms with Gasteiger partial charge in [-0.05, 0) is 43.2 Å². The second-order valence-electron chi connectivity index (χ2n) is 5.00. The molecule has 0 aromatic heterocycles. The van der Waals surface area contributed by atoms with Crippen LogP contribution in [0.1, 0.15) is 23.6 Å². The van der Waals surface area contributed by atoms with E-state index in [0.717, 1.165) is 16.7 Å². The first-order chi connectivity index (χ1) is 11.1. The van der Waals surface area contributed by atoms with E-state index in [9.17, 15) is 5.26 Å². The number of benzene rings is 2. The van der Waals surface area contributed by atoms with E-state index in [0.29, 0.717) is 28.7 Å². The Morgan fingerprint density at radius 1 is 1.26 bits per heavy atom. The Kier molecular flexibility index (Phi) is 5.67. The van der Waals surface area contributed by atoms with Crippen molar-refractivity contribution in [2.75, 3.05) is 13.7 Å². The average Bonchev–Trinajstić information content (AvgIpc) is 2.54. The Hall–Kier alpha value is -2.44. The molecule has 23 heavy (non-hydrogen) atoms. The topological polar surface area (TPSA) is 42.2 Å². The summed E-state index contributed by atoms with van der Waals surface area (Å²) in [6, 6.07) is 13.6. The second-order valence-corrected chi connectivity index (χ2v) is 5.41. The lowest BCUT2D eigenvalue weighted by atomic mass is 10.0. The third kappa shape index (κ3) is 4.06. The summed E-state index contributed by atoms with van der Waals surface area (Å²) in [5.74, 6) is 1.06. The van der Waals surface area contributed by atoms with Crippen molar-refractivity contribution in [1.82, 2.24) is 0 Å². The molecule has 0 amide bonds. The zero-order chi connectivity index (χ0) is 16.8. The summed E-state index contributed by atoms with van der Waals surface area (Å²) in [5.41, 5.74) is 3.37. The van der Waals surface area contributed by atoms with Crippen molar-refractivity contribution < 1.29 is 9.47 Å². The molecule has 0 saturated heterocycles. The van der Waals surface area contributed by atoms with Crippen LogP contribution in [0, 0.1) is 18.3 Å². The monoisotopic (exact) mass is 327 g/mol. The largest absolute Gasteiger partial charge is 0.491 e. The van der Waals surface area contributed by atoms with E-state index in [4.69, 9.17) is 21.1 Å². The molecule has 0 unspecified atom stereocenters. The van der Waals surface area contributed by atoms with Crippen LogP contribution in [0.2, 0.25) is 5.02 Å². The fraction of sp³-hybridized carbons (Fsp3) is 0.211. The number of hydrogen-bond donors (Lipinski definition) is 0. The van der Waals surface area contributed by atoms with Crippen LogP contribution in [-0.4, -0.2) is 13.7 Å². The van der Waals surface area contributed by atoms with Crippen LogP contribution in [-0.2, 0) is 0 Å². The van der Waals surface area contributed by atoms with Crippen molar-refractivity contribution in [2.24, 2.45) is 0 Å². The first kappa shape index (κ1) is 16.9. The molecule has 0 N–H and O–H groups in total. The van der Waals surface area contributed by atoms with Crippen LogP contribution in [0.3, 0.4) is 0 Å². The number of aryl methyl sites for hydroxylation is 1. The molecule has 0 aliphatic rings. The second kappa shape index (κ2) is 7.71. The maximum absolute atomic E-state index is 9.45. The van der Waals surface area contributed by atoms with Gasteiger partial charge in [0.25, 0.3) is 0 Å². The van der Waals surface area contributed by atoms with E-state index in [1.54, 1.807) is 19.3 Å². The molecule has 2 aromatic rings. The first-order valence-electron chi connectivity index (χ1n) is 7.28. The highest BCUT2D eigenvalue weighted by Gasteiger charge is 2.11. The van der Waals surface area contributed by atoms with E-state index in [-0.39, 0.29) is 0 Å². The lowest BCUT2D eigenvalue weighted by Crippen LogP contribution is -1.96. The van der Waals surface area contributed by atoms with Crippen LogP contribution in [0.4, 0.5) is 0 Å². The minimum atomic E-state index is 0.450. The van der Waals surface area contributed by atoms with Gasteiger partial charge in [-0.25, -0.2) is 0 Å². The van der Waals surface area contributed by atoms with Crippen molar-refractivity contribution in [3.63, 3.8) is 0 Å². The molecule has 118 valence electrons. The number of halogens is 1. The lowest BCUT2D eigenvalue weighted by Gasteiger charge is -2.12. The zero-order valence-corrected chi connectivity index (χ0v) is 14.1. The molecule has 0 bridgehead atoms. The standard InChI is InChI=1S/C19H18ClNO2/c1-4-23-18-11-14(10-17(20)19(18)22-3)9-16(12-21)15-7-5-13(2)6-8-15/h5-11H,4H2,1-3H3/b16-9-. The average molecular weight is 328 g/mol. The van der Waals surface area contributed by atoms with Gasteiger partial charge in [-0.3, -0.25) is 0 Å². The SMILES string of the molecule is CCOc1cc(/C=C(/C#N)c2ccc(C)cc2)cc(Cl)c1OC. The summed E-state index contributed by atoms with van der Waals surface area (Å²) in [5, 5.41) is 9.90. The Morgan fingerprint density at radius 2 is 1.96 bits per heavy atom. The van der Waals surface area contributed by atoms with Crippen LogP contribution >= 0.6 is 11.6 Å². The van der Waals surface area contributed by atoms with Gasteiger partial charge < -0.3 is 9.47 Å². The zero-order valence-electron chi connectivity index (χ0n) is 13.4. The highest BCUT2D eigenvalue weighted by molar-refractivity contribution is 6.32. The molecule has 0 atom stereocenters. The summed E-state index contributed by atoms with van der Waals surface area (Å²) in [6.07, 6.45) is 1.79. The Morgan fingerprint density at radius 3 is 2.52 bits per heavy atom. The van der Waals surface area contributed by atoms with E-state index in [1.807, 2.05) is 44.2 Å². The van der Waals surface area contributed by atoms with E-state index in [1.165, 1.54) is 0 Å². The summed E-state index contributed by atoms with van der Waals surface area (Å²) in [7, 11) is 1.55. The van der Waals surface area contributed by atoms with Gasteiger partial charge in [0.05, 0.1) is 30.4 Å². The number of hydrogen-bond acceptors (Lipinski definition) is 3. The number of allylic oxidation sites excluding steroid dienone is 1. The Bertz CT molecular complexity index is 758. The van der Waals surface area contributed by atoms with Gasteiger partial charge in [0.15, 0.2) is 11.5 Å². The van der Waals surface area contributed by atoms with E-state index >= 15 is 0 Å². The van der Waals surface area contributed by atoms with E-state index < -0.39 is 0 Å². The van der Waals surface area contributed by atoms with Crippen molar-refractivity contribution in [3.8, 4) is 17.6 Å². The maximum Gasteiger partial charge on any atom is 0.179 e. The van der Waals surface area contributed by atoms with Crippen molar-refractivity contribution in [1.29, 1.82) is 5.26 Å². The van der Waals surface area contributed by atoms with Gasteiger partial charge in [0, 0.05) is 0 Å². The molecular formula is C19H18ClNO2. The molecule has 0 aliphatic heterocycles. The fourth-order valence-corrected chi connectivity index (χ4v) is 2.51. The number of nitriles is 1. The molecule has 4 heteroatoms. The van der Waals surface area contributed by atoms with Crippen molar-refractivity contribution >= 4 is 23.3 Å². The molecular weight excluding hydrogens is 310 g/mol. The number of ether oxygens (including phenoxy) is 2. The lowest BCUT2D eigenvalue weighted by molar-refractivity contribution is 0.311. The quantitative estimate of drug-likeness (QED) is 0.565. The summed E-state index contributed by atoms with van der Waals surface area (Å²) in [6.45, 7) is 4.41. The third-order valence-corrected chi connectivity index (χ3v) is 3.61. The number of rotatable bonds is 5. The van der Waals surface area contributed by atoms with Gasteiger partial charge in [0.2, 0.25) is 0 Å². The van der Waals surface area contributed by atoms with Gasteiger partial charge in [-0.2, -0.15) is 5.26 Å². The third-order valence-electron chi connectivity index (χ3n) is 3.33. The molecule has 0 spiro atoms. The minimum absolute atomic E-state index is 0.450. The normalized spacial score (nSPS) is 11.0. The number of nitrogens with zero attached hydrogens (tertiary/aromatic N) is 1. The Balaban J connectivity index is 2.48. The van der Waals surface area contributed by atoms with Crippen molar-refractivity contribution in [3.05, 3.63) is 58.1 Å². The summed E-state index contributed by atoms with van der Waals surface area (Å²) >= 11 is 6.25. The maximum atomic E-state index is 9.45. The summed E-state index contributed by atoms with van der Waals surface area (Å²) in [4.78, 5) is 0. The molecule has 0 aliphatic carbocycles. The molecule has 0 saturated carbocycles. The van der Waals surface area contributed by atoms with Gasteiger partial charge in [0.1, 0.15) is 0 Å². The fourth-order valence-electron chi connectivity index (χ4n) is 2.21. The Labute approximate surface area is 141 Å². The molecule has 2 rings (SSSR count). The van der Waals surface area contributed by atoms with Crippen LogP contribution < -0.4 is 9.47 Å². The molecule has 2 aromatic carbocycles. The molecule has 0 fully saturated rings. The van der Waals surface area contributed by atoms with Crippen LogP contribution in [0.5, 0.6) is 11.5 Å². The number of methoxy groups -OCH3 is 1. The molecule has 0 heterocycles. The summed E-state index contributed by atoms with van der Waals surface area (Å²) < 4.78 is 10.8. The van der Waals surface area contributed by atoms with Crippen molar-refractivity contribution in [2.45, 2.75) is 13.8 Å². The van der Waals surface area contributed by atoms with Crippen LogP contribution in [0.25, 0.3) is 11.6 Å². The van der Waals surface area contributed by atoms with Gasteiger partial charge in [-0.1, -0.05) is 41.4 Å². The molecule has 3 nitrogen and oxygen atoms in total. The predicted octanol–water partition coefficient (Wildman–Crippen LogP) is 5.12. The first-order valence-corrected chi connectivity index (χ1v) is 7.66. The van der Waals surface area contributed by atoms with Gasteiger partial charge in [-0.15, -0.1) is 0 Å². The highest BCUT2D eigenvalue weighted by Crippen LogP contribution is 2.37. The van der Waals surface area contributed by atoms with Crippen LogP contribution in [0.15, 0.2) is 36.4 Å². The van der Waals surface area contributed by atoms with Gasteiger partial charge >= 0.3 is 0 Å². The van der Waals surface area contributed by atoms with E-state index in [2.05, 4.69) is 6.07 Å². The predicted molar refractivity (Wildman–Crippen MR) is 93.8 cm³/mol. The smallest absolute Gasteiger partial charge is 0.179 e. The minimum Gasteiger partial charge on any atom is -0.491 e. The highest BCUT2D eigenvalue weighted by atomic mass is 35.5.